The molecular formula is C17H26N2. The number of fused-ring (bicyclic) bond motifs is 1. The SMILES string of the molecule is CCCc1cn(CCN)c2ccc(C(C)(C)C)cc12. The second kappa shape index (κ2) is 5.38. The molecule has 2 heteroatoms. The number of hydrogen-bond acceptors (Lipinski definition) is 1. The van der Waals surface area contributed by atoms with E-state index in [9.17, 15) is 0 Å². The molecule has 1 aromatic heterocycles. The molecule has 0 bridgehead atoms. The maximum absolute atomic E-state index is 5.71. The van der Waals surface area contributed by atoms with Gasteiger partial charge in [-0.15, -0.1) is 0 Å². The Kier molecular flexibility index (Phi) is 4.00. The Hall–Kier alpha value is -1.28. The average molecular weight is 258 g/mol. The van der Waals surface area contributed by atoms with Crippen LogP contribution >= 0.6 is 0 Å². The third-order valence-corrected chi connectivity index (χ3v) is 3.72. The highest BCUT2D eigenvalue weighted by molar-refractivity contribution is 5.85. The zero-order valence-corrected chi connectivity index (χ0v) is 12.7. The van der Waals surface area contributed by atoms with Crippen LogP contribution in [0.3, 0.4) is 0 Å². The van der Waals surface area contributed by atoms with Crippen LogP contribution in [-0.4, -0.2) is 11.1 Å². The minimum absolute atomic E-state index is 0.202. The largest absolute Gasteiger partial charge is 0.346 e. The van der Waals surface area contributed by atoms with Gasteiger partial charge in [0.1, 0.15) is 0 Å². The summed E-state index contributed by atoms with van der Waals surface area (Å²) in [6, 6.07) is 6.88. The summed E-state index contributed by atoms with van der Waals surface area (Å²) in [5, 5.41) is 1.41. The van der Waals surface area contributed by atoms with Crippen molar-refractivity contribution in [2.75, 3.05) is 6.54 Å². The first-order valence-corrected chi connectivity index (χ1v) is 7.29. The molecule has 0 amide bonds. The second-order valence-electron chi connectivity index (χ2n) is 6.37. The van der Waals surface area contributed by atoms with E-state index < -0.39 is 0 Å². The van der Waals surface area contributed by atoms with E-state index in [-0.39, 0.29) is 5.41 Å². The lowest BCUT2D eigenvalue weighted by Gasteiger charge is -2.19. The highest BCUT2D eigenvalue weighted by atomic mass is 15.0. The van der Waals surface area contributed by atoms with Gasteiger partial charge in [-0.3, -0.25) is 0 Å². The molecule has 0 aliphatic carbocycles. The summed E-state index contributed by atoms with van der Waals surface area (Å²) in [4.78, 5) is 0. The lowest BCUT2D eigenvalue weighted by molar-refractivity contribution is 0.591. The molecule has 104 valence electrons. The summed E-state index contributed by atoms with van der Waals surface area (Å²) in [6.45, 7) is 10.6. The number of benzene rings is 1. The highest BCUT2D eigenvalue weighted by Crippen LogP contribution is 2.29. The van der Waals surface area contributed by atoms with Crippen molar-refractivity contribution in [1.29, 1.82) is 0 Å². The first-order chi connectivity index (χ1) is 8.97. The van der Waals surface area contributed by atoms with Gasteiger partial charge in [-0.05, 0) is 35.1 Å². The summed E-state index contributed by atoms with van der Waals surface area (Å²) in [6.07, 6.45) is 4.61. The van der Waals surface area contributed by atoms with Gasteiger partial charge < -0.3 is 10.3 Å². The highest BCUT2D eigenvalue weighted by Gasteiger charge is 2.16. The fourth-order valence-corrected chi connectivity index (χ4v) is 2.63. The van der Waals surface area contributed by atoms with Gasteiger partial charge in [0.2, 0.25) is 0 Å². The number of nitrogens with zero attached hydrogens (tertiary/aromatic N) is 1. The first-order valence-electron chi connectivity index (χ1n) is 7.29. The maximum atomic E-state index is 5.71. The summed E-state index contributed by atoms with van der Waals surface area (Å²) in [5.41, 5.74) is 10.1. The summed E-state index contributed by atoms with van der Waals surface area (Å²) in [5.74, 6) is 0. The van der Waals surface area contributed by atoms with Gasteiger partial charge in [-0.1, -0.05) is 40.2 Å². The number of nitrogens with two attached hydrogens (primary N) is 1. The molecule has 0 unspecified atom stereocenters. The molecule has 1 heterocycles. The molecule has 2 rings (SSSR count). The third-order valence-electron chi connectivity index (χ3n) is 3.72. The first kappa shape index (κ1) is 14.1. The summed E-state index contributed by atoms with van der Waals surface area (Å²) < 4.78 is 2.30. The predicted octanol–water partition coefficient (Wildman–Crippen LogP) is 3.85. The van der Waals surface area contributed by atoms with Crippen molar-refractivity contribution in [2.45, 2.75) is 52.5 Å². The predicted molar refractivity (Wildman–Crippen MR) is 83.7 cm³/mol. The standard InChI is InChI=1S/C17H26N2/c1-5-6-13-12-19(10-9-18)16-8-7-14(11-15(13)16)17(2,3)4/h7-8,11-12H,5-6,9-10,18H2,1-4H3. The molecule has 2 N–H and O–H groups in total. The van der Waals surface area contributed by atoms with E-state index >= 15 is 0 Å². The van der Waals surface area contributed by atoms with Crippen molar-refractivity contribution < 1.29 is 0 Å². The third kappa shape index (κ3) is 2.84. The van der Waals surface area contributed by atoms with Crippen LogP contribution in [0.25, 0.3) is 10.9 Å². The van der Waals surface area contributed by atoms with E-state index in [1.165, 1.54) is 28.5 Å². The van der Waals surface area contributed by atoms with Crippen molar-refractivity contribution in [1.82, 2.24) is 4.57 Å². The van der Waals surface area contributed by atoms with E-state index in [1.54, 1.807) is 0 Å². The van der Waals surface area contributed by atoms with E-state index in [1.807, 2.05) is 0 Å². The lowest BCUT2D eigenvalue weighted by atomic mass is 9.86. The van der Waals surface area contributed by atoms with Gasteiger partial charge in [0.15, 0.2) is 0 Å². The monoisotopic (exact) mass is 258 g/mol. The van der Waals surface area contributed by atoms with Crippen LogP contribution in [0.1, 0.15) is 45.2 Å². The van der Waals surface area contributed by atoms with E-state index in [0.717, 1.165) is 13.0 Å². The van der Waals surface area contributed by atoms with E-state index in [2.05, 4.69) is 56.7 Å². The molecule has 0 spiro atoms. The van der Waals surface area contributed by atoms with Crippen molar-refractivity contribution in [3.05, 3.63) is 35.5 Å². The van der Waals surface area contributed by atoms with Crippen LogP contribution in [-0.2, 0) is 18.4 Å². The van der Waals surface area contributed by atoms with Crippen LogP contribution in [0, 0.1) is 0 Å². The van der Waals surface area contributed by atoms with E-state index in [4.69, 9.17) is 5.73 Å². The van der Waals surface area contributed by atoms with Gasteiger partial charge in [-0.2, -0.15) is 0 Å². The minimum Gasteiger partial charge on any atom is -0.346 e. The van der Waals surface area contributed by atoms with Crippen molar-refractivity contribution >= 4 is 10.9 Å². The number of hydrogen-bond donors (Lipinski definition) is 1. The molecule has 0 aliphatic heterocycles. The minimum atomic E-state index is 0.202. The van der Waals surface area contributed by atoms with Gasteiger partial charge in [-0.25, -0.2) is 0 Å². The molecule has 2 aromatic rings. The number of aryl methyl sites for hydroxylation is 1. The Morgan fingerprint density at radius 1 is 1.21 bits per heavy atom. The smallest absolute Gasteiger partial charge is 0.0483 e. The number of aromatic nitrogens is 1. The fourth-order valence-electron chi connectivity index (χ4n) is 2.63. The Labute approximate surface area is 116 Å². The molecule has 0 atom stereocenters. The Morgan fingerprint density at radius 3 is 2.53 bits per heavy atom. The molecule has 0 saturated carbocycles. The van der Waals surface area contributed by atoms with Gasteiger partial charge in [0, 0.05) is 30.2 Å². The molecule has 0 fully saturated rings. The Morgan fingerprint density at radius 2 is 1.95 bits per heavy atom. The lowest BCUT2D eigenvalue weighted by Crippen LogP contribution is -2.11. The maximum Gasteiger partial charge on any atom is 0.0483 e. The van der Waals surface area contributed by atoms with Gasteiger partial charge in [0.25, 0.3) is 0 Å². The molecule has 2 nitrogen and oxygen atoms in total. The molecular weight excluding hydrogens is 232 g/mol. The van der Waals surface area contributed by atoms with Gasteiger partial charge >= 0.3 is 0 Å². The van der Waals surface area contributed by atoms with Crippen LogP contribution in [0.15, 0.2) is 24.4 Å². The molecule has 1 aromatic carbocycles. The van der Waals surface area contributed by atoms with Crippen LogP contribution in [0.4, 0.5) is 0 Å². The molecule has 0 radical (unpaired) electrons. The van der Waals surface area contributed by atoms with Crippen molar-refractivity contribution in [2.24, 2.45) is 5.73 Å². The Bertz CT molecular complexity index is 558. The van der Waals surface area contributed by atoms with Crippen LogP contribution in [0.2, 0.25) is 0 Å². The average Bonchev–Trinajstić information content (AvgIpc) is 2.67. The zero-order chi connectivity index (χ0) is 14.0. The normalized spacial score (nSPS) is 12.3. The Balaban J connectivity index is 2.58. The second-order valence-corrected chi connectivity index (χ2v) is 6.37. The summed E-state index contributed by atoms with van der Waals surface area (Å²) in [7, 11) is 0. The van der Waals surface area contributed by atoms with Gasteiger partial charge in [0.05, 0.1) is 0 Å². The quantitative estimate of drug-likeness (QED) is 0.887. The number of rotatable bonds is 4. The van der Waals surface area contributed by atoms with E-state index in [0.29, 0.717) is 6.54 Å². The zero-order valence-electron chi connectivity index (χ0n) is 12.7. The van der Waals surface area contributed by atoms with Crippen LogP contribution in [0.5, 0.6) is 0 Å². The summed E-state index contributed by atoms with van der Waals surface area (Å²) >= 11 is 0. The molecule has 19 heavy (non-hydrogen) atoms. The topological polar surface area (TPSA) is 30.9 Å². The fraction of sp³-hybridized carbons (Fsp3) is 0.529. The van der Waals surface area contributed by atoms with Crippen LogP contribution < -0.4 is 5.73 Å². The van der Waals surface area contributed by atoms with Crippen molar-refractivity contribution in [3.63, 3.8) is 0 Å². The molecule has 0 saturated heterocycles. The molecule has 0 aliphatic rings. The van der Waals surface area contributed by atoms with Crippen molar-refractivity contribution in [3.8, 4) is 0 Å².